The summed E-state index contributed by atoms with van der Waals surface area (Å²) in [5.74, 6) is -0.816. The molecule has 0 spiro atoms. The highest BCUT2D eigenvalue weighted by Crippen LogP contribution is 2.22. The molecule has 0 bridgehead atoms. The number of aliphatic hydroxyl groups is 2. The van der Waals surface area contributed by atoms with Crippen LogP contribution in [0.5, 0.6) is 0 Å². The van der Waals surface area contributed by atoms with Crippen molar-refractivity contribution in [3.63, 3.8) is 0 Å². The van der Waals surface area contributed by atoms with Crippen molar-refractivity contribution in [1.29, 1.82) is 0 Å². The molecule has 2 rings (SSSR count). The van der Waals surface area contributed by atoms with Crippen LogP contribution in [0.4, 0.5) is 10.1 Å². The maximum Gasteiger partial charge on any atom is 0.238 e. The van der Waals surface area contributed by atoms with Crippen LogP contribution in [0.2, 0.25) is 5.02 Å². The van der Waals surface area contributed by atoms with E-state index >= 15 is 0 Å². The topological polar surface area (TPSA) is 72.8 Å². The Morgan fingerprint density at radius 3 is 2.63 bits per heavy atom. The van der Waals surface area contributed by atoms with E-state index in [1.54, 1.807) is 4.90 Å². The van der Waals surface area contributed by atoms with Crippen molar-refractivity contribution in [2.24, 2.45) is 0 Å². The number of hydrogen-bond acceptors (Lipinski definition) is 4. The lowest BCUT2D eigenvalue weighted by Crippen LogP contribution is -2.32. The zero-order valence-corrected chi connectivity index (χ0v) is 10.8. The van der Waals surface area contributed by atoms with Crippen molar-refractivity contribution < 1.29 is 19.4 Å². The van der Waals surface area contributed by atoms with Gasteiger partial charge in [0.15, 0.2) is 0 Å². The molecule has 0 unspecified atom stereocenters. The highest BCUT2D eigenvalue weighted by atomic mass is 35.5. The summed E-state index contributed by atoms with van der Waals surface area (Å²) >= 11 is 5.79. The lowest BCUT2D eigenvalue weighted by atomic mass is 10.3. The molecule has 0 saturated carbocycles. The van der Waals surface area contributed by atoms with E-state index in [0.29, 0.717) is 5.69 Å². The fourth-order valence-corrected chi connectivity index (χ4v) is 2.17. The molecule has 19 heavy (non-hydrogen) atoms. The van der Waals surface area contributed by atoms with Crippen molar-refractivity contribution in [2.45, 2.75) is 12.2 Å². The van der Waals surface area contributed by atoms with E-state index in [0.717, 1.165) is 6.07 Å². The van der Waals surface area contributed by atoms with Crippen LogP contribution in [0.1, 0.15) is 0 Å². The first-order valence-electron chi connectivity index (χ1n) is 5.79. The SMILES string of the molecule is O=C(CN1C[C@@H](O)[C@@H](O)C1)Nc1ccc(F)cc1Cl. The van der Waals surface area contributed by atoms with Crippen molar-refractivity contribution in [1.82, 2.24) is 4.90 Å². The van der Waals surface area contributed by atoms with Gasteiger partial charge in [-0.25, -0.2) is 4.39 Å². The minimum Gasteiger partial charge on any atom is -0.389 e. The van der Waals surface area contributed by atoms with E-state index < -0.39 is 18.0 Å². The van der Waals surface area contributed by atoms with Crippen LogP contribution in [0.25, 0.3) is 0 Å². The predicted molar refractivity (Wildman–Crippen MR) is 68.5 cm³/mol. The molecule has 7 heteroatoms. The fourth-order valence-electron chi connectivity index (χ4n) is 1.96. The Bertz CT molecular complexity index is 476. The monoisotopic (exact) mass is 288 g/mol. The number of nitrogens with one attached hydrogen (secondary N) is 1. The van der Waals surface area contributed by atoms with Gasteiger partial charge in [-0.15, -0.1) is 0 Å². The average Bonchev–Trinajstić information content (AvgIpc) is 2.62. The summed E-state index contributed by atoms with van der Waals surface area (Å²) in [6, 6.07) is 3.69. The molecule has 2 atom stereocenters. The Morgan fingerprint density at radius 2 is 2.05 bits per heavy atom. The van der Waals surface area contributed by atoms with E-state index in [-0.39, 0.29) is 30.6 Å². The van der Waals surface area contributed by atoms with Crippen molar-refractivity contribution in [3.8, 4) is 0 Å². The molecule has 1 fully saturated rings. The van der Waals surface area contributed by atoms with Gasteiger partial charge < -0.3 is 15.5 Å². The first kappa shape index (κ1) is 14.2. The van der Waals surface area contributed by atoms with Gasteiger partial charge in [0.2, 0.25) is 5.91 Å². The largest absolute Gasteiger partial charge is 0.389 e. The second-order valence-corrected chi connectivity index (χ2v) is 4.91. The second-order valence-electron chi connectivity index (χ2n) is 4.50. The van der Waals surface area contributed by atoms with Gasteiger partial charge >= 0.3 is 0 Å². The van der Waals surface area contributed by atoms with Crippen LogP contribution in [-0.2, 0) is 4.79 Å². The summed E-state index contributed by atoms with van der Waals surface area (Å²) in [5, 5.41) is 21.4. The lowest BCUT2D eigenvalue weighted by Gasteiger charge is -2.14. The summed E-state index contributed by atoms with van der Waals surface area (Å²) in [7, 11) is 0. The minimum absolute atomic E-state index is 0.0296. The summed E-state index contributed by atoms with van der Waals surface area (Å²) in [6.07, 6.45) is -1.66. The van der Waals surface area contributed by atoms with Crippen molar-refractivity contribution in [3.05, 3.63) is 29.0 Å². The van der Waals surface area contributed by atoms with Crippen LogP contribution in [0, 0.1) is 5.82 Å². The number of hydrogen-bond donors (Lipinski definition) is 3. The van der Waals surface area contributed by atoms with Gasteiger partial charge in [0.25, 0.3) is 0 Å². The van der Waals surface area contributed by atoms with Gasteiger partial charge in [-0.3, -0.25) is 9.69 Å². The molecule has 0 aliphatic carbocycles. The number of amides is 1. The van der Waals surface area contributed by atoms with Gasteiger partial charge in [0.1, 0.15) is 5.82 Å². The molecule has 1 aromatic carbocycles. The van der Waals surface area contributed by atoms with Crippen LogP contribution in [-0.4, -0.2) is 52.9 Å². The Kier molecular flexibility index (Phi) is 4.36. The van der Waals surface area contributed by atoms with E-state index in [9.17, 15) is 19.4 Å². The van der Waals surface area contributed by atoms with Gasteiger partial charge in [-0.05, 0) is 18.2 Å². The summed E-state index contributed by atoms with van der Waals surface area (Å²) < 4.78 is 12.8. The molecule has 5 nitrogen and oxygen atoms in total. The van der Waals surface area contributed by atoms with Crippen molar-refractivity contribution in [2.75, 3.05) is 25.0 Å². The minimum atomic E-state index is -0.831. The van der Waals surface area contributed by atoms with Crippen molar-refractivity contribution >= 4 is 23.2 Å². The zero-order valence-electron chi connectivity index (χ0n) is 10.0. The van der Waals surface area contributed by atoms with Crippen LogP contribution in [0.3, 0.4) is 0 Å². The molecular formula is C12H14ClFN2O3. The Labute approximate surface area is 114 Å². The predicted octanol–water partition coefficient (Wildman–Crippen LogP) is 0.455. The number of rotatable bonds is 3. The molecule has 1 saturated heterocycles. The number of benzene rings is 1. The number of carbonyl (C=O) groups excluding carboxylic acids is 1. The number of carbonyl (C=O) groups is 1. The summed E-state index contributed by atoms with van der Waals surface area (Å²) in [6.45, 7) is 0.513. The smallest absolute Gasteiger partial charge is 0.238 e. The molecule has 1 aromatic rings. The molecule has 1 aliphatic heterocycles. The zero-order chi connectivity index (χ0) is 14.0. The number of aliphatic hydroxyl groups excluding tert-OH is 2. The maximum absolute atomic E-state index is 12.8. The quantitative estimate of drug-likeness (QED) is 0.755. The molecule has 3 N–H and O–H groups in total. The average molecular weight is 289 g/mol. The normalized spacial score (nSPS) is 23.6. The Balaban J connectivity index is 1.91. The third-order valence-electron chi connectivity index (χ3n) is 2.91. The molecule has 104 valence electrons. The van der Waals surface area contributed by atoms with E-state index in [4.69, 9.17) is 11.6 Å². The van der Waals surface area contributed by atoms with Crippen LogP contribution < -0.4 is 5.32 Å². The third kappa shape index (κ3) is 3.63. The van der Waals surface area contributed by atoms with Gasteiger partial charge in [0, 0.05) is 13.1 Å². The highest BCUT2D eigenvalue weighted by molar-refractivity contribution is 6.33. The van der Waals surface area contributed by atoms with E-state index in [2.05, 4.69) is 5.32 Å². The molecular weight excluding hydrogens is 275 g/mol. The first-order chi connectivity index (χ1) is 8.95. The van der Waals surface area contributed by atoms with Gasteiger partial charge in [-0.2, -0.15) is 0 Å². The fraction of sp³-hybridized carbons (Fsp3) is 0.417. The molecule has 1 amide bonds. The lowest BCUT2D eigenvalue weighted by molar-refractivity contribution is -0.117. The standard InChI is InChI=1S/C12H14ClFN2O3/c13-8-3-7(14)1-2-9(8)15-12(19)6-16-4-10(17)11(18)5-16/h1-3,10-11,17-18H,4-6H2,(H,15,19)/t10-,11+. The highest BCUT2D eigenvalue weighted by Gasteiger charge is 2.30. The summed E-state index contributed by atoms with van der Waals surface area (Å²) in [4.78, 5) is 13.4. The van der Waals surface area contributed by atoms with E-state index in [1.807, 2.05) is 0 Å². The van der Waals surface area contributed by atoms with Crippen LogP contribution in [0.15, 0.2) is 18.2 Å². The molecule has 0 aromatic heterocycles. The number of nitrogens with zero attached hydrogens (tertiary/aromatic N) is 1. The maximum atomic E-state index is 12.8. The molecule has 1 aliphatic rings. The Morgan fingerprint density at radius 1 is 1.42 bits per heavy atom. The summed E-state index contributed by atoms with van der Waals surface area (Å²) in [5.41, 5.74) is 0.327. The molecule has 0 radical (unpaired) electrons. The number of halogens is 2. The number of anilines is 1. The second kappa shape index (κ2) is 5.83. The number of likely N-dealkylation sites (tertiary alicyclic amines) is 1. The van der Waals surface area contributed by atoms with Gasteiger partial charge in [-0.1, -0.05) is 11.6 Å². The Hall–Kier alpha value is -1.21. The van der Waals surface area contributed by atoms with E-state index in [1.165, 1.54) is 12.1 Å². The first-order valence-corrected chi connectivity index (χ1v) is 6.17. The number of β-amino-alcohol motifs (C(OH)–C–C–N with tert-alkyl or cyclic N) is 2. The van der Waals surface area contributed by atoms with Crippen LogP contribution >= 0.6 is 11.6 Å². The third-order valence-corrected chi connectivity index (χ3v) is 3.22. The van der Waals surface area contributed by atoms with Gasteiger partial charge in [0.05, 0.1) is 29.5 Å². The molecule has 1 heterocycles.